The maximum absolute atomic E-state index is 5.22. The summed E-state index contributed by atoms with van der Waals surface area (Å²) in [6, 6.07) is 4.18. The molecule has 0 aliphatic carbocycles. The maximum atomic E-state index is 5.22. The Balaban J connectivity index is 2.53. The smallest absolute Gasteiger partial charge is 0.119 e. The molecule has 1 aliphatic rings. The maximum Gasteiger partial charge on any atom is 0.119 e. The Morgan fingerprint density at radius 1 is 1.46 bits per heavy atom. The van der Waals surface area contributed by atoms with E-state index in [-0.39, 0.29) is 0 Å². The Labute approximate surface area is 86.8 Å². The van der Waals surface area contributed by atoms with Crippen LogP contribution in [0.25, 0.3) is 0 Å². The van der Waals surface area contributed by atoms with E-state index in [2.05, 4.69) is 39.1 Å². The van der Waals surface area contributed by atoms with Crippen LogP contribution in [0, 0.1) is 6.92 Å². The van der Waals surface area contributed by atoms with Crippen molar-refractivity contribution in [2.45, 2.75) is 13.3 Å². The molecule has 1 aliphatic heterocycles. The number of hydrogen-bond acceptors (Lipinski definition) is 2. The van der Waals surface area contributed by atoms with Crippen molar-refractivity contribution in [1.82, 2.24) is 0 Å². The number of methoxy groups -OCH3 is 1. The highest BCUT2D eigenvalue weighted by Crippen LogP contribution is 2.36. The normalized spacial score (nSPS) is 14.5. The summed E-state index contributed by atoms with van der Waals surface area (Å²) in [4.78, 5) is 0. The second kappa shape index (κ2) is 3.22. The lowest BCUT2D eigenvalue weighted by molar-refractivity contribution is 0.414. The molecule has 0 radical (unpaired) electrons. The third-order valence-electron chi connectivity index (χ3n) is 2.41. The molecular formula is C10H12BrNO. The summed E-state index contributed by atoms with van der Waals surface area (Å²) in [6.45, 7) is 3.16. The van der Waals surface area contributed by atoms with Gasteiger partial charge in [0.2, 0.25) is 0 Å². The third kappa shape index (κ3) is 1.41. The molecule has 1 aromatic rings. The first-order valence-corrected chi connectivity index (χ1v) is 5.04. The van der Waals surface area contributed by atoms with Gasteiger partial charge < -0.3 is 8.66 Å². The molecular weight excluding hydrogens is 230 g/mol. The largest absolute Gasteiger partial charge is 0.497 e. The van der Waals surface area contributed by atoms with E-state index in [9.17, 15) is 0 Å². The monoisotopic (exact) mass is 241 g/mol. The Kier molecular flexibility index (Phi) is 2.20. The molecule has 0 unspecified atom stereocenters. The second-order valence-electron chi connectivity index (χ2n) is 3.29. The minimum Gasteiger partial charge on any atom is -0.497 e. The van der Waals surface area contributed by atoms with Gasteiger partial charge in [0.25, 0.3) is 0 Å². The van der Waals surface area contributed by atoms with E-state index in [0.29, 0.717) is 0 Å². The van der Waals surface area contributed by atoms with E-state index >= 15 is 0 Å². The van der Waals surface area contributed by atoms with Gasteiger partial charge >= 0.3 is 0 Å². The van der Waals surface area contributed by atoms with Gasteiger partial charge in [-0.15, -0.1) is 0 Å². The number of fused-ring (bicyclic) bond motifs is 1. The molecule has 2 rings (SSSR count). The van der Waals surface area contributed by atoms with Crippen LogP contribution >= 0.6 is 16.1 Å². The molecule has 0 spiro atoms. The van der Waals surface area contributed by atoms with Crippen LogP contribution < -0.4 is 8.66 Å². The van der Waals surface area contributed by atoms with Crippen LogP contribution in [0.4, 0.5) is 5.69 Å². The highest BCUT2D eigenvalue weighted by atomic mass is 79.9. The lowest BCUT2D eigenvalue weighted by Gasteiger charge is -2.13. The number of halogens is 1. The first-order valence-electron chi connectivity index (χ1n) is 4.33. The fraction of sp³-hybridized carbons (Fsp3) is 0.400. The van der Waals surface area contributed by atoms with Gasteiger partial charge in [0.1, 0.15) is 5.75 Å². The lowest BCUT2D eigenvalue weighted by atomic mass is 10.1. The summed E-state index contributed by atoms with van der Waals surface area (Å²) >= 11 is 3.53. The number of aryl methyl sites for hydroxylation is 1. The minimum atomic E-state index is 0.957. The number of rotatable bonds is 1. The van der Waals surface area contributed by atoms with E-state index in [1.807, 2.05) is 0 Å². The van der Waals surface area contributed by atoms with E-state index in [4.69, 9.17) is 4.74 Å². The van der Waals surface area contributed by atoms with Gasteiger partial charge in [-0.2, -0.15) is 0 Å². The van der Waals surface area contributed by atoms with Crippen LogP contribution in [0.2, 0.25) is 0 Å². The van der Waals surface area contributed by atoms with E-state index in [1.54, 1.807) is 7.11 Å². The molecule has 0 atom stereocenters. The Morgan fingerprint density at radius 3 is 2.92 bits per heavy atom. The first-order chi connectivity index (χ1) is 6.22. The first kappa shape index (κ1) is 8.88. The molecule has 70 valence electrons. The van der Waals surface area contributed by atoms with Crippen LogP contribution in [-0.4, -0.2) is 13.7 Å². The lowest BCUT2D eigenvalue weighted by Crippen LogP contribution is -2.04. The Bertz CT molecular complexity index is 338. The van der Waals surface area contributed by atoms with Crippen LogP contribution in [0.15, 0.2) is 12.1 Å². The predicted molar refractivity (Wildman–Crippen MR) is 57.7 cm³/mol. The molecule has 13 heavy (non-hydrogen) atoms. The molecule has 0 fully saturated rings. The van der Waals surface area contributed by atoms with Gasteiger partial charge in [0.15, 0.2) is 0 Å². The molecule has 2 nitrogen and oxygen atoms in total. The fourth-order valence-electron chi connectivity index (χ4n) is 1.80. The zero-order valence-corrected chi connectivity index (χ0v) is 9.39. The van der Waals surface area contributed by atoms with Crippen molar-refractivity contribution < 1.29 is 4.74 Å². The zero-order chi connectivity index (χ0) is 9.42. The molecule has 0 aromatic heterocycles. The van der Waals surface area contributed by atoms with E-state index in [1.165, 1.54) is 16.8 Å². The summed E-state index contributed by atoms with van der Waals surface area (Å²) in [5.41, 5.74) is 3.94. The number of ether oxygens (including phenoxy) is 1. The average Bonchev–Trinajstić information content (AvgIpc) is 2.48. The standard InChI is InChI=1S/C10H12BrNO/c1-7-5-9(13-2)6-8-3-4-12(11)10(7)8/h5-6H,3-4H2,1-2H3. The molecule has 0 bridgehead atoms. The summed E-state index contributed by atoms with van der Waals surface area (Å²) in [5.74, 6) is 0.957. The number of nitrogens with zero attached hydrogens (tertiary/aromatic N) is 1. The molecule has 0 saturated heterocycles. The second-order valence-corrected chi connectivity index (χ2v) is 4.14. The van der Waals surface area contributed by atoms with Crippen molar-refractivity contribution in [3.8, 4) is 5.75 Å². The molecule has 0 amide bonds. The topological polar surface area (TPSA) is 12.5 Å². The third-order valence-corrected chi connectivity index (χ3v) is 3.12. The highest BCUT2D eigenvalue weighted by Gasteiger charge is 2.19. The summed E-state index contributed by atoms with van der Waals surface area (Å²) in [7, 11) is 1.71. The molecule has 0 saturated carbocycles. The molecule has 1 heterocycles. The van der Waals surface area contributed by atoms with Gasteiger partial charge in [-0.05, 0) is 36.6 Å². The predicted octanol–water partition coefficient (Wildman–Crippen LogP) is 2.68. The molecule has 3 heteroatoms. The van der Waals surface area contributed by atoms with E-state index < -0.39 is 0 Å². The Hall–Kier alpha value is -0.700. The van der Waals surface area contributed by atoms with Crippen molar-refractivity contribution in [2.75, 3.05) is 17.6 Å². The van der Waals surface area contributed by atoms with Crippen LogP contribution in [0.3, 0.4) is 0 Å². The van der Waals surface area contributed by atoms with Crippen molar-refractivity contribution in [3.63, 3.8) is 0 Å². The average molecular weight is 242 g/mol. The summed E-state index contributed by atoms with van der Waals surface area (Å²) in [5, 5.41) is 0. The van der Waals surface area contributed by atoms with Gasteiger partial charge in [0.05, 0.1) is 12.8 Å². The van der Waals surface area contributed by atoms with Crippen molar-refractivity contribution in [1.29, 1.82) is 0 Å². The van der Waals surface area contributed by atoms with Crippen LogP contribution in [0.1, 0.15) is 11.1 Å². The van der Waals surface area contributed by atoms with Gasteiger partial charge in [-0.3, -0.25) is 0 Å². The van der Waals surface area contributed by atoms with Crippen molar-refractivity contribution >= 4 is 21.8 Å². The minimum absolute atomic E-state index is 0.957. The van der Waals surface area contributed by atoms with Crippen LogP contribution in [-0.2, 0) is 6.42 Å². The van der Waals surface area contributed by atoms with Crippen LogP contribution in [0.5, 0.6) is 5.75 Å². The Morgan fingerprint density at radius 2 is 2.23 bits per heavy atom. The zero-order valence-electron chi connectivity index (χ0n) is 7.80. The molecule has 1 aromatic carbocycles. The van der Waals surface area contributed by atoms with Crippen molar-refractivity contribution in [3.05, 3.63) is 23.3 Å². The van der Waals surface area contributed by atoms with Crippen molar-refractivity contribution in [2.24, 2.45) is 0 Å². The summed E-state index contributed by atoms with van der Waals surface area (Å²) < 4.78 is 7.34. The molecule has 0 N–H and O–H groups in total. The number of hydrogen-bond donors (Lipinski definition) is 0. The quantitative estimate of drug-likeness (QED) is 0.702. The SMILES string of the molecule is COc1cc(C)c2c(c1)CCN2Br. The number of benzene rings is 1. The van der Waals surface area contributed by atoms with Gasteiger partial charge in [-0.1, -0.05) is 0 Å². The van der Waals surface area contributed by atoms with E-state index in [0.717, 1.165) is 18.7 Å². The van der Waals surface area contributed by atoms with Gasteiger partial charge in [0, 0.05) is 22.7 Å². The highest BCUT2D eigenvalue weighted by molar-refractivity contribution is 9.10. The fourth-order valence-corrected chi connectivity index (χ4v) is 2.49. The summed E-state index contributed by atoms with van der Waals surface area (Å²) in [6.07, 6.45) is 1.10. The number of anilines is 1. The van der Waals surface area contributed by atoms with Gasteiger partial charge in [-0.25, -0.2) is 0 Å².